The predicted octanol–water partition coefficient (Wildman–Crippen LogP) is 2.31. The Hall–Kier alpha value is -1.60. The Balaban J connectivity index is 1.90. The minimum atomic E-state index is -0.553. The second kappa shape index (κ2) is 13.0. The standard InChI is InChI=1S/C24H40N2O4/c1-17(2)11-25-13-19(27)15-29-23-9-10-24(22-8-6-5-7-21(22)23)30-16-20(28)14-26-12-18(3)4/h5-6,9-10,17-20,25-28H,7-8,11-16H2,1-4H3. The van der Waals surface area contributed by atoms with Crippen molar-refractivity contribution < 1.29 is 19.7 Å². The predicted molar refractivity (Wildman–Crippen MR) is 121 cm³/mol. The van der Waals surface area contributed by atoms with Gasteiger partial charge in [-0.3, -0.25) is 0 Å². The molecule has 2 atom stereocenters. The third-order valence-electron chi connectivity index (χ3n) is 4.88. The molecule has 0 saturated heterocycles. The molecule has 2 unspecified atom stereocenters. The van der Waals surface area contributed by atoms with Crippen LogP contribution in [-0.2, 0) is 12.8 Å². The molecule has 0 aromatic heterocycles. The average molecular weight is 421 g/mol. The summed E-state index contributed by atoms with van der Waals surface area (Å²) >= 11 is 0. The van der Waals surface area contributed by atoms with Crippen molar-refractivity contribution >= 4 is 0 Å². The zero-order valence-electron chi connectivity index (χ0n) is 19.0. The molecule has 30 heavy (non-hydrogen) atoms. The summed E-state index contributed by atoms with van der Waals surface area (Å²) in [7, 11) is 0. The molecule has 1 aliphatic carbocycles. The summed E-state index contributed by atoms with van der Waals surface area (Å²) in [5.41, 5.74) is 2.20. The van der Waals surface area contributed by atoms with E-state index in [0.717, 1.165) is 48.6 Å². The molecule has 0 radical (unpaired) electrons. The number of fused-ring (bicyclic) bond motifs is 1. The Labute approximate surface area is 181 Å². The number of aliphatic hydroxyl groups excluding tert-OH is 2. The van der Waals surface area contributed by atoms with Crippen molar-refractivity contribution in [3.8, 4) is 11.5 Å². The molecule has 0 heterocycles. The first-order valence-corrected chi connectivity index (χ1v) is 11.2. The first-order chi connectivity index (χ1) is 14.4. The van der Waals surface area contributed by atoms with Crippen LogP contribution in [0.3, 0.4) is 0 Å². The van der Waals surface area contributed by atoms with Gasteiger partial charge in [-0.05, 0) is 49.9 Å². The molecule has 1 aromatic rings. The number of ether oxygens (including phenoxy) is 2. The van der Waals surface area contributed by atoms with Crippen LogP contribution < -0.4 is 20.1 Å². The van der Waals surface area contributed by atoms with Crippen LogP contribution in [0.5, 0.6) is 11.5 Å². The summed E-state index contributed by atoms with van der Waals surface area (Å²) in [6, 6.07) is 3.82. The molecule has 6 nitrogen and oxygen atoms in total. The average Bonchev–Trinajstić information content (AvgIpc) is 2.70. The van der Waals surface area contributed by atoms with Gasteiger partial charge in [-0.15, -0.1) is 0 Å². The van der Waals surface area contributed by atoms with Crippen LogP contribution in [0.25, 0.3) is 0 Å². The molecule has 0 fully saturated rings. The van der Waals surface area contributed by atoms with Crippen LogP contribution in [0.15, 0.2) is 24.3 Å². The van der Waals surface area contributed by atoms with Gasteiger partial charge in [0.05, 0.1) is 0 Å². The number of aliphatic hydroxyl groups is 2. The quantitative estimate of drug-likeness (QED) is 0.346. The fourth-order valence-electron chi connectivity index (χ4n) is 3.34. The van der Waals surface area contributed by atoms with E-state index in [0.29, 0.717) is 24.9 Å². The molecule has 1 aromatic carbocycles. The number of hydrogen-bond acceptors (Lipinski definition) is 6. The van der Waals surface area contributed by atoms with Crippen LogP contribution >= 0.6 is 0 Å². The molecule has 0 amide bonds. The highest BCUT2D eigenvalue weighted by molar-refractivity contribution is 5.52. The van der Waals surface area contributed by atoms with E-state index >= 15 is 0 Å². The van der Waals surface area contributed by atoms with Crippen molar-refractivity contribution in [2.45, 2.75) is 52.7 Å². The lowest BCUT2D eigenvalue weighted by atomic mass is 9.95. The van der Waals surface area contributed by atoms with Crippen LogP contribution in [0.4, 0.5) is 0 Å². The molecule has 0 aliphatic heterocycles. The first-order valence-electron chi connectivity index (χ1n) is 11.2. The van der Waals surface area contributed by atoms with Crippen LogP contribution in [0.1, 0.15) is 38.8 Å². The normalized spacial score (nSPS) is 15.3. The highest BCUT2D eigenvalue weighted by Crippen LogP contribution is 2.34. The van der Waals surface area contributed by atoms with Gasteiger partial charge in [0.1, 0.15) is 36.9 Å². The summed E-state index contributed by atoms with van der Waals surface area (Å²) in [5, 5.41) is 26.8. The Morgan fingerprint density at radius 1 is 0.733 bits per heavy atom. The van der Waals surface area contributed by atoms with Crippen molar-refractivity contribution in [1.29, 1.82) is 0 Å². The fourth-order valence-corrected chi connectivity index (χ4v) is 3.34. The minimum Gasteiger partial charge on any atom is -0.491 e. The van der Waals surface area contributed by atoms with E-state index < -0.39 is 12.2 Å². The topological polar surface area (TPSA) is 83.0 Å². The van der Waals surface area contributed by atoms with E-state index in [4.69, 9.17) is 9.47 Å². The summed E-state index contributed by atoms with van der Waals surface area (Å²) in [6.45, 7) is 11.9. The van der Waals surface area contributed by atoms with Gasteiger partial charge in [-0.25, -0.2) is 0 Å². The molecule has 0 bridgehead atoms. The third kappa shape index (κ3) is 8.64. The number of hydrogen-bond donors (Lipinski definition) is 4. The molecular formula is C24H40N2O4. The van der Waals surface area contributed by atoms with E-state index in [1.54, 1.807) is 0 Å². The Morgan fingerprint density at radius 2 is 1.13 bits per heavy atom. The van der Waals surface area contributed by atoms with Gasteiger partial charge in [-0.2, -0.15) is 0 Å². The zero-order chi connectivity index (χ0) is 21.9. The molecule has 0 spiro atoms. The SMILES string of the molecule is CC(C)CNCC(O)COc1ccc(OCC(O)CNCC(C)C)c2c1CC=CC2. The number of allylic oxidation sites excluding steroid dienone is 2. The largest absolute Gasteiger partial charge is 0.491 e. The third-order valence-corrected chi connectivity index (χ3v) is 4.88. The fraction of sp³-hybridized carbons (Fsp3) is 0.667. The van der Waals surface area contributed by atoms with Gasteiger partial charge in [0.15, 0.2) is 0 Å². The van der Waals surface area contributed by atoms with Gasteiger partial charge in [0, 0.05) is 24.2 Å². The minimum absolute atomic E-state index is 0.252. The van der Waals surface area contributed by atoms with E-state index in [2.05, 4.69) is 50.5 Å². The summed E-state index contributed by atoms with van der Waals surface area (Å²) in [6.07, 6.45) is 4.71. The van der Waals surface area contributed by atoms with Gasteiger partial charge in [0.25, 0.3) is 0 Å². The van der Waals surface area contributed by atoms with E-state index in [-0.39, 0.29) is 13.2 Å². The lowest BCUT2D eigenvalue weighted by molar-refractivity contribution is 0.103. The lowest BCUT2D eigenvalue weighted by Gasteiger charge is -2.22. The van der Waals surface area contributed by atoms with Gasteiger partial charge in [-0.1, -0.05) is 39.8 Å². The molecule has 1 aliphatic rings. The summed E-state index contributed by atoms with van der Waals surface area (Å²) < 4.78 is 11.9. The van der Waals surface area contributed by atoms with Crippen molar-refractivity contribution in [2.24, 2.45) is 11.8 Å². The Bertz CT molecular complexity index is 606. The number of nitrogens with one attached hydrogen (secondary N) is 2. The summed E-state index contributed by atoms with van der Waals surface area (Å²) in [5.74, 6) is 2.69. The monoisotopic (exact) mass is 420 g/mol. The van der Waals surface area contributed by atoms with Crippen molar-refractivity contribution in [1.82, 2.24) is 10.6 Å². The Morgan fingerprint density at radius 3 is 1.50 bits per heavy atom. The van der Waals surface area contributed by atoms with Crippen LogP contribution in [0.2, 0.25) is 0 Å². The zero-order valence-corrected chi connectivity index (χ0v) is 19.0. The van der Waals surface area contributed by atoms with Crippen LogP contribution in [0, 0.1) is 11.8 Å². The molecule has 6 heteroatoms. The van der Waals surface area contributed by atoms with Gasteiger partial charge >= 0.3 is 0 Å². The van der Waals surface area contributed by atoms with Crippen molar-refractivity contribution in [2.75, 3.05) is 39.4 Å². The molecule has 2 rings (SSSR count). The van der Waals surface area contributed by atoms with E-state index in [1.807, 2.05) is 12.1 Å². The molecule has 170 valence electrons. The molecular weight excluding hydrogens is 380 g/mol. The van der Waals surface area contributed by atoms with Gasteiger partial charge < -0.3 is 30.3 Å². The van der Waals surface area contributed by atoms with Gasteiger partial charge in [0.2, 0.25) is 0 Å². The second-order valence-electron chi connectivity index (χ2n) is 8.93. The van der Waals surface area contributed by atoms with Crippen molar-refractivity contribution in [3.63, 3.8) is 0 Å². The maximum absolute atomic E-state index is 10.2. The van der Waals surface area contributed by atoms with E-state index in [1.165, 1.54) is 0 Å². The smallest absolute Gasteiger partial charge is 0.123 e. The lowest BCUT2D eigenvalue weighted by Crippen LogP contribution is -2.33. The highest BCUT2D eigenvalue weighted by Gasteiger charge is 2.18. The van der Waals surface area contributed by atoms with Crippen molar-refractivity contribution in [3.05, 3.63) is 35.4 Å². The van der Waals surface area contributed by atoms with E-state index in [9.17, 15) is 10.2 Å². The maximum Gasteiger partial charge on any atom is 0.123 e. The summed E-state index contributed by atoms with van der Waals surface area (Å²) in [4.78, 5) is 0. The highest BCUT2D eigenvalue weighted by atomic mass is 16.5. The number of rotatable bonds is 14. The second-order valence-corrected chi connectivity index (χ2v) is 8.93. The maximum atomic E-state index is 10.2. The first kappa shape index (κ1) is 24.7. The van der Waals surface area contributed by atoms with Crippen LogP contribution in [-0.4, -0.2) is 61.8 Å². The number of benzene rings is 1. The molecule has 4 N–H and O–H groups in total. The Kier molecular flexibility index (Phi) is 10.6. The molecule has 0 saturated carbocycles.